The third-order valence-corrected chi connectivity index (χ3v) is 1.85. The lowest BCUT2D eigenvalue weighted by atomic mass is 10.0. The molecular weight excluding hydrogens is 174 g/mol. The molecule has 0 spiro atoms. The van der Waals surface area contributed by atoms with Gasteiger partial charge in [-0.2, -0.15) is 0 Å². The van der Waals surface area contributed by atoms with E-state index in [4.69, 9.17) is 0 Å². The quantitative estimate of drug-likeness (QED) is 0.679. The monoisotopic (exact) mass is 189 g/mol. The summed E-state index contributed by atoms with van der Waals surface area (Å²) in [5.74, 6) is 0.0879. The molecule has 0 amide bonds. The van der Waals surface area contributed by atoms with Gasteiger partial charge in [0.1, 0.15) is 0 Å². The van der Waals surface area contributed by atoms with Gasteiger partial charge in [0.25, 0.3) is 0 Å². The summed E-state index contributed by atoms with van der Waals surface area (Å²) in [6.45, 7) is 1.59. The fourth-order valence-electron chi connectivity index (χ4n) is 1.24. The first kappa shape index (κ1) is 10.5. The molecule has 1 rings (SSSR count). The van der Waals surface area contributed by atoms with Crippen molar-refractivity contribution in [1.82, 2.24) is 4.90 Å². The van der Waals surface area contributed by atoms with E-state index >= 15 is 0 Å². The van der Waals surface area contributed by atoms with Crippen LogP contribution in [-0.2, 0) is 4.79 Å². The highest BCUT2D eigenvalue weighted by atomic mass is 16.1. The smallest absolute Gasteiger partial charge is 0.161 e. The van der Waals surface area contributed by atoms with E-state index in [2.05, 4.69) is 0 Å². The molecule has 1 aromatic rings. The predicted octanol–water partition coefficient (Wildman–Crippen LogP) is 2.18. The number of rotatable bonds is 3. The second-order valence-electron chi connectivity index (χ2n) is 3.43. The number of benzene rings is 1. The maximum absolute atomic E-state index is 11.4. The molecule has 0 aliphatic carbocycles. The molecule has 0 radical (unpaired) electrons. The molecule has 0 bridgehead atoms. The number of Topliss-reactive ketones (excluding diaryl/α,β-unsaturated/α-hetero) is 1. The van der Waals surface area contributed by atoms with Gasteiger partial charge >= 0.3 is 0 Å². The van der Waals surface area contributed by atoms with Crippen LogP contribution >= 0.6 is 0 Å². The molecule has 0 saturated carbocycles. The Bertz CT molecular complexity index is 339. The molecule has 0 saturated heterocycles. The van der Waals surface area contributed by atoms with Crippen molar-refractivity contribution >= 4 is 11.4 Å². The van der Waals surface area contributed by atoms with Crippen LogP contribution in [0.1, 0.15) is 12.5 Å². The third kappa shape index (κ3) is 2.73. The second kappa shape index (κ2) is 4.61. The van der Waals surface area contributed by atoms with Crippen molar-refractivity contribution in [3.63, 3.8) is 0 Å². The highest BCUT2D eigenvalue weighted by molar-refractivity contribution is 6.19. The second-order valence-corrected chi connectivity index (χ2v) is 3.43. The SMILES string of the molecule is CC(=O)/C(=C/N(C)C)c1ccccc1. The first-order valence-corrected chi connectivity index (χ1v) is 4.56. The van der Waals surface area contributed by atoms with Crippen LogP contribution in [0, 0.1) is 0 Å². The first-order valence-electron chi connectivity index (χ1n) is 4.56. The molecule has 14 heavy (non-hydrogen) atoms. The summed E-state index contributed by atoms with van der Waals surface area (Å²) in [6.07, 6.45) is 1.84. The van der Waals surface area contributed by atoms with Crippen molar-refractivity contribution in [2.45, 2.75) is 6.92 Å². The average molecular weight is 189 g/mol. The molecule has 0 aliphatic heterocycles. The highest BCUT2D eigenvalue weighted by Crippen LogP contribution is 2.14. The Labute approximate surface area is 84.9 Å². The van der Waals surface area contributed by atoms with Crippen molar-refractivity contribution in [2.75, 3.05) is 14.1 Å². The number of carbonyl (C=O) groups is 1. The molecule has 0 atom stereocenters. The normalized spacial score (nSPS) is 11.2. The van der Waals surface area contributed by atoms with Gasteiger partial charge in [0.05, 0.1) is 0 Å². The summed E-state index contributed by atoms with van der Waals surface area (Å²) in [6, 6.07) is 9.69. The van der Waals surface area contributed by atoms with E-state index in [1.807, 2.05) is 55.5 Å². The number of ketones is 1. The molecule has 0 unspecified atom stereocenters. The highest BCUT2D eigenvalue weighted by Gasteiger charge is 2.06. The molecule has 74 valence electrons. The molecule has 1 aromatic carbocycles. The summed E-state index contributed by atoms with van der Waals surface area (Å²) in [5, 5.41) is 0. The lowest BCUT2D eigenvalue weighted by Crippen LogP contribution is -2.06. The van der Waals surface area contributed by atoms with E-state index in [0.717, 1.165) is 11.1 Å². The van der Waals surface area contributed by atoms with Crippen LogP contribution in [0.5, 0.6) is 0 Å². The summed E-state index contributed by atoms with van der Waals surface area (Å²) in [5.41, 5.74) is 1.71. The van der Waals surface area contributed by atoms with Gasteiger partial charge in [-0.15, -0.1) is 0 Å². The minimum atomic E-state index is 0.0879. The number of hydrogen-bond donors (Lipinski definition) is 0. The van der Waals surface area contributed by atoms with E-state index in [1.54, 1.807) is 6.92 Å². The number of nitrogens with zero attached hydrogens (tertiary/aromatic N) is 1. The zero-order valence-electron chi connectivity index (χ0n) is 8.82. The molecule has 0 aliphatic rings. The van der Waals surface area contributed by atoms with Crippen molar-refractivity contribution in [3.05, 3.63) is 42.1 Å². The number of hydrogen-bond acceptors (Lipinski definition) is 2. The predicted molar refractivity (Wildman–Crippen MR) is 58.8 cm³/mol. The Kier molecular flexibility index (Phi) is 3.46. The fraction of sp³-hybridized carbons (Fsp3) is 0.250. The Hall–Kier alpha value is -1.57. The van der Waals surface area contributed by atoms with Crippen LogP contribution in [0.25, 0.3) is 5.57 Å². The Morgan fingerprint density at radius 2 is 1.79 bits per heavy atom. The van der Waals surface area contributed by atoms with Crippen LogP contribution in [-0.4, -0.2) is 24.8 Å². The first-order chi connectivity index (χ1) is 6.61. The van der Waals surface area contributed by atoms with E-state index in [0.29, 0.717) is 0 Å². The van der Waals surface area contributed by atoms with Crippen molar-refractivity contribution in [3.8, 4) is 0 Å². The molecule has 0 fully saturated rings. The standard InChI is InChI=1S/C12H15NO/c1-10(14)12(9-13(2)3)11-7-5-4-6-8-11/h4-9H,1-3H3/b12-9-. The largest absolute Gasteiger partial charge is 0.383 e. The fourth-order valence-corrected chi connectivity index (χ4v) is 1.24. The Balaban J connectivity index is 3.08. The Morgan fingerprint density at radius 1 is 1.21 bits per heavy atom. The van der Waals surface area contributed by atoms with Crippen molar-refractivity contribution in [2.24, 2.45) is 0 Å². The van der Waals surface area contributed by atoms with Gasteiger partial charge in [0, 0.05) is 25.9 Å². The molecule has 2 nitrogen and oxygen atoms in total. The average Bonchev–Trinajstić information content (AvgIpc) is 2.15. The topological polar surface area (TPSA) is 20.3 Å². The van der Waals surface area contributed by atoms with E-state index < -0.39 is 0 Å². The van der Waals surface area contributed by atoms with E-state index in [-0.39, 0.29) is 5.78 Å². The van der Waals surface area contributed by atoms with Gasteiger partial charge in [-0.3, -0.25) is 4.79 Å². The zero-order valence-corrected chi connectivity index (χ0v) is 8.82. The summed E-state index contributed by atoms with van der Waals surface area (Å²) in [7, 11) is 3.82. The van der Waals surface area contributed by atoms with Crippen molar-refractivity contribution < 1.29 is 4.79 Å². The van der Waals surface area contributed by atoms with Crippen LogP contribution in [0.15, 0.2) is 36.5 Å². The summed E-state index contributed by atoms with van der Waals surface area (Å²) in [4.78, 5) is 13.3. The molecule has 0 N–H and O–H groups in total. The van der Waals surface area contributed by atoms with E-state index in [1.165, 1.54) is 0 Å². The lowest BCUT2D eigenvalue weighted by molar-refractivity contribution is -0.111. The van der Waals surface area contributed by atoms with Crippen LogP contribution < -0.4 is 0 Å². The van der Waals surface area contributed by atoms with Crippen molar-refractivity contribution in [1.29, 1.82) is 0 Å². The molecule has 0 heterocycles. The summed E-state index contributed by atoms with van der Waals surface area (Å²) < 4.78 is 0. The molecular formula is C12H15NO. The minimum Gasteiger partial charge on any atom is -0.383 e. The number of allylic oxidation sites excluding steroid dienone is 1. The zero-order chi connectivity index (χ0) is 10.6. The minimum absolute atomic E-state index is 0.0879. The Morgan fingerprint density at radius 3 is 2.21 bits per heavy atom. The van der Waals surface area contributed by atoms with E-state index in [9.17, 15) is 4.79 Å². The van der Waals surface area contributed by atoms with Gasteiger partial charge in [-0.05, 0) is 12.5 Å². The summed E-state index contributed by atoms with van der Waals surface area (Å²) >= 11 is 0. The maximum Gasteiger partial charge on any atom is 0.161 e. The van der Waals surface area contributed by atoms with Crippen LogP contribution in [0.4, 0.5) is 0 Å². The van der Waals surface area contributed by atoms with Gasteiger partial charge in [0.15, 0.2) is 5.78 Å². The van der Waals surface area contributed by atoms with Gasteiger partial charge in [0.2, 0.25) is 0 Å². The van der Waals surface area contributed by atoms with Gasteiger partial charge < -0.3 is 4.90 Å². The molecule has 2 heteroatoms. The van der Waals surface area contributed by atoms with Crippen LogP contribution in [0.2, 0.25) is 0 Å². The maximum atomic E-state index is 11.4. The molecule has 0 aromatic heterocycles. The lowest BCUT2D eigenvalue weighted by Gasteiger charge is -2.09. The van der Waals surface area contributed by atoms with Gasteiger partial charge in [-0.25, -0.2) is 0 Å². The van der Waals surface area contributed by atoms with Gasteiger partial charge in [-0.1, -0.05) is 30.3 Å². The number of carbonyl (C=O) groups excluding carboxylic acids is 1. The third-order valence-electron chi connectivity index (χ3n) is 1.85. The van der Waals surface area contributed by atoms with Crippen LogP contribution in [0.3, 0.4) is 0 Å².